The average Bonchev–Trinajstić information content (AvgIpc) is 2.40. The molecule has 0 bridgehead atoms. The van der Waals surface area contributed by atoms with Crippen molar-refractivity contribution in [3.63, 3.8) is 0 Å². The van der Waals surface area contributed by atoms with Gasteiger partial charge in [-0.15, -0.1) is 0 Å². The molecule has 4 heteroatoms. The van der Waals surface area contributed by atoms with Crippen molar-refractivity contribution < 1.29 is 13.6 Å². The smallest absolute Gasteiger partial charge is 0.371 e. The van der Waals surface area contributed by atoms with Crippen LogP contribution in [0.2, 0.25) is 6.04 Å². The molecular weight excluding hydrogens is 268 g/mol. The topological polar surface area (TPSA) is 27.7 Å². The molecule has 1 aliphatic rings. The maximum atomic E-state index is 6.35. The molecule has 1 aliphatic heterocycles. The first-order valence-corrected chi connectivity index (χ1v) is 10.5. The summed E-state index contributed by atoms with van der Waals surface area (Å²) in [7, 11) is -2.27. The predicted molar refractivity (Wildman–Crippen MR) is 86.1 cm³/mol. The van der Waals surface area contributed by atoms with E-state index < -0.39 is 8.56 Å². The van der Waals surface area contributed by atoms with Crippen molar-refractivity contribution in [2.45, 2.75) is 78.0 Å². The standard InChI is InChI=1S/C16H34O3Si/c1-6-17-16(13-11-15(4)5)12-9-10-14-20(16,18-7-2)19-8-3/h15H,6-14H2,1-5H3. The van der Waals surface area contributed by atoms with Gasteiger partial charge < -0.3 is 13.6 Å². The highest BCUT2D eigenvalue weighted by molar-refractivity contribution is 6.70. The van der Waals surface area contributed by atoms with Crippen molar-refractivity contribution in [3.8, 4) is 0 Å². The molecule has 0 saturated carbocycles. The summed E-state index contributed by atoms with van der Waals surface area (Å²) >= 11 is 0. The van der Waals surface area contributed by atoms with Gasteiger partial charge in [0.05, 0.1) is 0 Å². The highest BCUT2D eigenvalue weighted by Gasteiger charge is 2.59. The SMILES string of the molecule is CCOC1(CCC(C)C)CCCC[Si]1(OCC)OCC. The lowest BCUT2D eigenvalue weighted by Gasteiger charge is -2.49. The molecule has 1 saturated heterocycles. The van der Waals surface area contributed by atoms with Crippen LogP contribution in [-0.2, 0) is 13.6 Å². The van der Waals surface area contributed by atoms with Crippen LogP contribution in [0.1, 0.15) is 66.7 Å². The predicted octanol–water partition coefficient (Wildman–Crippen LogP) is 4.44. The van der Waals surface area contributed by atoms with E-state index in [0.717, 1.165) is 38.7 Å². The fraction of sp³-hybridized carbons (Fsp3) is 1.00. The van der Waals surface area contributed by atoms with E-state index in [-0.39, 0.29) is 5.22 Å². The van der Waals surface area contributed by atoms with Gasteiger partial charge in [-0.3, -0.25) is 0 Å². The number of hydrogen-bond donors (Lipinski definition) is 0. The van der Waals surface area contributed by atoms with Crippen LogP contribution in [0.25, 0.3) is 0 Å². The fourth-order valence-electron chi connectivity index (χ4n) is 3.47. The van der Waals surface area contributed by atoms with Crippen molar-refractivity contribution in [2.75, 3.05) is 19.8 Å². The maximum absolute atomic E-state index is 6.35. The Morgan fingerprint density at radius 3 is 2.15 bits per heavy atom. The second kappa shape index (κ2) is 8.52. The van der Waals surface area contributed by atoms with Gasteiger partial charge in [0.25, 0.3) is 0 Å². The van der Waals surface area contributed by atoms with Gasteiger partial charge in [0, 0.05) is 19.8 Å². The van der Waals surface area contributed by atoms with Crippen LogP contribution < -0.4 is 0 Å². The van der Waals surface area contributed by atoms with Crippen molar-refractivity contribution in [1.29, 1.82) is 0 Å². The first-order valence-electron chi connectivity index (χ1n) is 8.47. The molecule has 0 aromatic rings. The van der Waals surface area contributed by atoms with E-state index in [0.29, 0.717) is 5.92 Å². The summed E-state index contributed by atoms with van der Waals surface area (Å²) in [4.78, 5) is 0. The van der Waals surface area contributed by atoms with Gasteiger partial charge in [-0.25, -0.2) is 0 Å². The summed E-state index contributed by atoms with van der Waals surface area (Å²) in [5.41, 5.74) is 0. The van der Waals surface area contributed by atoms with Gasteiger partial charge in [0.15, 0.2) is 0 Å². The Hall–Kier alpha value is 0.0969. The molecule has 0 radical (unpaired) electrons. The molecule has 120 valence electrons. The van der Waals surface area contributed by atoms with Crippen LogP contribution in [0, 0.1) is 5.92 Å². The summed E-state index contributed by atoms with van der Waals surface area (Å²) in [6.07, 6.45) is 5.86. The highest BCUT2D eigenvalue weighted by Crippen LogP contribution is 2.44. The largest absolute Gasteiger partial charge is 0.393 e. The van der Waals surface area contributed by atoms with E-state index in [1.165, 1.54) is 19.3 Å². The molecule has 1 atom stereocenters. The summed E-state index contributed by atoms with van der Waals surface area (Å²) in [6, 6.07) is 1.09. The molecule has 0 spiro atoms. The van der Waals surface area contributed by atoms with E-state index in [4.69, 9.17) is 13.6 Å². The van der Waals surface area contributed by atoms with Gasteiger partial charge in [0.1, 0.15) is 5.22 Å². The van der Waals surface area contributed by atoms with E-state index in [2.05, 4.69) is 34.6 Å². The van der Waals surface area contributed by atoms with Crippen molar-refractivity contribution >= 4 is 8.56 Å². The average molecular weight is 303 g/mol. The third-order valence-corrected chi connectivity index (χ3v) is 8.89. The van der Waals surface area contributed by atoms with E-state index in [1.54, 1.807) is 0 Å². The molecule has 0 N–H and O–H groups in total. The number of hydrogen-bond acceptors (Lipinski definition) is 3. The molecule has 1 unspecified atom stereocenters. The van der Waals surface area contributed by atoms with Gasteiger partial charge in [0.2, 0.25) is 0 Å². The normalized spacial score (nSPS) is 26.1. The van der Waals surface area contributed by atoms with Crippen LogP contribution in [-0.4, -0.2) is 33.6 Å². The Morgan fingerprint density at radius 2 is 1.65 bits per heavy atom. The van der Waals surface area contributed by atoms with Gasteiger partial charge in [-0.2, -0.15) is 0 Å². The van der Waals surface area contributed by atoms with Gasteiger partial charge in [-0.05, 0) is 52.0 Å². The van der Waals surface area contributed by atoms with Crippen LogP contribution in [0.3, 0.4) is 0 Å². The zero-order valence-electron chi connectivity index (χ0n) is 14.2. The first-order chi connectivity index (χ1) is 9.56. The molecule has 0 aliphatic carbocycles. The Kier molecular flexibility index (Phi) is 7.73. The zero-order valence-corrected chi connectivity index (χ0v) is 15.2. The first kappa shape index (κ1) is 18.1. The van der Waals surface area contributed by atoms with Crippen LogP contribution in [0.15, 0.2) is 0 Å². The molecule has 1 heterocycles. The third kappa shape index (κ3) is 4.06. The van der Waals surface area contributed by atoms with Crippen LogP contribution in [0.4, 0.5) is 0 Å². The van der Waals surface area contributed by atoms with E-state index >= 15 is 0 Å². The van der Waals surface area contributed by atoms with Crippen LogP contribution in [0.5, 0.6) is 0 Å². The molecule has 20 heavy (non-hydrogen) atoms. The van der Waals surface area contributed by atoms with Gasteiger partial charge >= 0.3 is 8.56 Å². The number of ether oxygens (including phenoxy) is 1. The third-order valence-electron chi connectivity index (χ3n) is 4.33. The second-order valence-corrected chi connectivity index (χ2v) is 9.68. The van der Waals surface area contributed by atoms with E-state index in [1.807, 2.05) is 0 Å². The Bertz CT molecular complexity index is 255. The maximum Gasteiger partial charge on any atom is 0.371 e. The summed E-state index contributed by atoms with van der Waals surface area (Å²) in [5, 5.41) is -0.129. The molecular formula is C16H34O3Si. The lowest BCUT2D eigenvalue weighted by molar-refractivity contribution is -0.0480. The van der Waals surface area contributed by atoms with Crippen molar-refractivity contribution in [3.05, 3.63) is 0 Å². The molecule has 0 aromatic heterocycles. The summed E-state index contributed by atoms with van der Waals surface area (Å²) < 4.78 is 19.0. The zero-order chi connectivity index (χ0) is 15.1. The van der Waals surface area contributed by atoms with Crippen molar-refractivity contribution in [2.24, 2.45) is 5.92 Å². The Labute approximate surface area is 126 Å². The molecule has 1 rings (SSSR count). The van der Waals surface area contributed by atoms with Crippen molar-refractivity contribution in [1.82, 2.24) is 0 Å². The molecule has 0 aromatic carbocycles. The minimum Gasteiger partial charge on any atom is -0.393 e. The molecule has 1 fully saturated rings. The van der Waals surface area contributed by atoms with Gasteiger partial charge in [-0.1, -0.05) is 26.7 Å². The van der Waals surface area contributed by atoms with Crippen LogP contribution >= 0.6 is 0 Å². The Balaban J connectivity index is 3.02. The quantitative estimate of drug-likeness (QED) is 0.589. The lowest BCUT2D eigenvalue weighted by Crippen LogP contribution is -2.66. The summed E-state index contributed by atoms with van der Waals surface area (Å²) in [6.45, 7) is 13.1. The Morgan fingerprint density at radius 1 is 1.00 bits per heavy atom. The molecule has 3 nitrogen and oxygen atoms in total. The minimum absolute atomic E-state index is 0.129. The molecule has 0 amide bonds. The fourth-order valence-corrected chi connectivity index (χ4v) is 7.92. The second-order valence-electron chi connectivity index (χ2n) is 6.19. The number of rotatable bonds is 9. The highest BCUT2D eigenvalue weighted by atomic mass is 28.4. The van der Waals surface area contributed by atoms with E-state index in [9.17, 15) is 0 Å². The summed E-state index contributed by atoms with van der Waals surface area (Å²) in [5.74, 6) is 0.698. The monoisotopic (exact) mass is 302 g/mol. The minimum atomic E-state index is -2.27. The lowest BCUT2D eigenvalue weighted by atomic mass is 10.00.